The molecule has 11 heteroatoms. The average molecular weight is 480 g/mol. The Morgan fingerprint density at radius 3 is 2.33 bits per heavy atom. The number of carbonyl (C=O) groups excluding carboxylic acids is 1. The number of aromatic nitrogens is 1. The molecule has 0 saturated carbocycles. The summed E-state index contributed by atoms with van der Waals surface area (Å²) in [6.45, 7) is 1.63. The van der Waals surface area contributed by atoms with Crippen molar-refractivity contribution < 1.29 is 27.9 Å². The summed E-state index contributed by atoms with van der Waals surface area (Å²) in [5.41, 5.74) is 4.08. The van der Waals surface area contributed by atoms with Crippen LogP contribution in [0, 0.1) is 0 Å². The standard InChI is InChI=1S/C20H16ClN3O2.C2HF3O2/c21-15-3-1-2-12(8-15)18-7-6-17(20(26)24-18)19(25)23-16-5-4-13-10-22-11-14(13)9-16;3-2(4,5)1(6)7/h1-9,22H,10-11H2,(H,23,25)(H,24,26);(H,6,7). The molecule has 0 spiro atoms. The summed E-state index contributed by atoms with van der Waals surface area (Å²) in [5.74, 6) is -3.19. The van der Waals surface area contributed by atoms with E-state index in [0.717, 1.165) is 24.2 Å². The van der Waals surface area contributed by atoms with Crippen molar-refractivity contribution in [1.82, 2.24) is 10.3 Å². The zero-order valence-electron chi connectivity index (χ0n) is 16.8. The number of anilines is 1. The number of carboxylic acid groups (broad SMARTS) is 1. The van der Waals surface area contributed by atoms with E-state index in [1.807, 2.05) is 24.3 Å². The number of aliphatic carboxylic acids is 1. The molecule has 0 saturated heterocycles. The van der Waals surface area contributed by atoms with Gasteiger partial charge in [-0.15, -0.1) is 0 Å². The van der Waals surface area contributed by atoms with E-state index in [9.17, 15) is 22.8 Å². The van der Waals surface area contributed by atoms with E-state index < -0.39 is 23.6 Å². The normalized spacial score (nSPS) is 12.4. The zero-order chi connectivity index (χ0) is 24.2. The number of nitrogens with one attached hydrogen (secondary N) is 3. The molecule has 1 aliphatic heterocycles. The molecule has 7 nitrogen and oxygen atoms in total. The summed E-state index contributed by atoms with van der Waals surface area (Å²) in [6.07, 6.45) is -5.08. The van der Waals surface area contributed by atoms with Crippen molar-refractivity contribution in [2.24, 2.45) is 0 Å². The molecule has 4 N–H and O–H groups in total. The first-order chi connectivity index (χ1) is 15.5. The third-order valence-corrected chi connectivity index (χ3v) is 4.86. The Balaban J connectivity index is 0.000000383. The first-order valence-corrected chi connectivity index (χ1v) is 9.85. The molecule has 2 aromatic carbocycles. The van der Waals surface area contributed by atoms with Crippen LogP contribution in [-0.2, 0) is 17.9 Å². The predicted octanol–water partition coefficient (Wildman–Crippen LogP) is 4.18. The van der Waals surface area contributed by atoms with Gasteiger partial charge in [-0.25, -0.2) is 4.79 Å². The molecule has 0 fully saturated rings. The van der Waals surface area contributed by atoms with Crippen LogP contribution in [0.15, 0.2) is 59.4 Å². The van der Waals surface area contributed by atoms with E-state index in [1.54, 1.807) is 24.3 Å². The largest absolute Gasteiger partial charge is 0.490 e. The van der Waals surface area contributed by atoms with Gasteiger partial charge in [-0.3, -0.25) is 9.59 Å². The Labute approximate surface area is 190 Å². The van der Waals surface area contributed by atoms with Gasteiger partial charge in [0, 0.05) is 29.5 Å². The summed E-state index contributed by atoms with van der Waals surface area (Å²) >= 11 is 5.99. The van der Waals surface area contributed by atoms with Crippen LogP contribution in [-0.4, -0.2) is 28.1 Å². The summed E-state index contributed by atoms with van der Waals surface area (Å²) in [5, 5.41) is 13.8. The molecule has 1 amide bonds. The lowest BCUT2D eigenvalue weighted by molar-refractivity contribution is -0.192. The van der Waals surface area contributed by atoms with Crippen LogP contribution in [0.5, 0.6) is 0 Å². The zero-order valence-corrected chi connectivity index (χ0v) is 17.6. The number of H-pyrrole nitrogens is 1. The molecule has 0 radical (unpaired) electrons. The van der Waals surface area contributed by atoms with Crippen LogP contribution in [0.2, 0.25) is 5.02 Å². The topological polar surface area (TPSA) is 111 Å². The molecular formula is C22H17ClF3N3O4. The third kappa shape index (κ3) is 6.21. The van der Waals surface area contributed by atoms with E-state index in [-0.39, 0.29) is 5.56 Å². The maximum absolute atomic E-state index is 12.5. The van der Waals surface area contributed by atoms with Crippen LogP contribution >= 0.6 is 11.6 Å². The number of carboxylic acids is 1. The number of rotatable bonds is 3. The average Bonchev–Trinajstić information content (AvgIpc) is 3.21. The summed E-state index contributed by atoms with van der Waals surface area (Å²) in [7, 11) is 0. The molecule has 1 aromatic heterocycles. The number of fused-ring (bicyclic) bond motifs is 1. The number of hydrogen-bond acceptors (Lipinski definition) is 4. The molecule has 4 rings (SSSR count). The van der Waals surface area contributed by atoms with Gasteiger partial charge < -0.3 is 20.7 Å². The van der Waals surface area contributed by atoms with Crippen molar-refractivity contribution in [2.45, 2.75) is 19.3 Å². The van der Waals surface area contributed by atoms with Gasteiger partial charge in [0.25, 0.3) is 11.5 Å². The number of carbonyl (C=O) groups is 2. The second-order valence-electron chi connectivity index (χ2n) is 6.97. The molecule has 2 heterocycles. The van der Waals surface area contributed by atoms with Gasteiger partial charge in [-0.05, 0) is 53.1 Å². The maximum atomic E-state index is 12.5. The number of pyridine rings is 1. The second-order valence-corrected chi connectivity index (χ2v) is 7.41. The molecule has 0 unspecified atom stereocenters. The first kappa shape index (κ1) is 24.0. The Kier molecular flexibility index (Phi) is 7.19. The van der Waals surface area contributed by atoms with Crippen molar-refractivity contribution in [2.75, 3.05) is 5.32 Å². The SMILES string of the molecule is O=C(Nc1ccc2c(c1)CNC2)c1ccc(-c2cccc(Cl)c2)[nH]c1=O.O=C(O)C(F)(F)F. The fourth-order valence-electron chi connectivity index (χ4n) is 3.05. The quantitative estimate of drug-likeness (QED) is 0.450. The molecule has 0 bridgehead atoms. The molecule has 33 heavy (non-hydrogen) atoms. The van der Waals surface area contributed by atoms with Gasteiger partial charge in [-0.2, -0.15) is 13.2 Å². The second kappa shape index (κ2) is 9.88. The van der Waals surface area contributed by atoms with Crippen molar-refractivity contribution in [3.05, 3.63) is 86.7 Å². The summed E-state index contributed by atoms with van der Waals surface area (Å²) in [4.78, 5) is 36.5. The number of aromatic amines is 1. The molecule has 172 valence electrons. The minimum Gasteiger partial charge on any atom is -0.475 e. The van der Waals surface area contributed by atoms with Crippen LogP contribution < -0.4 is 16.2 Å². The van der Waals surface area contributed by atoms with Crippen molar-refractivity contribution in [1.29, 1.82) is 0 Å². The van der Waals surface area contributed by atoms with E-state index in [0.29, 0.717) is 16.4 Å². The van der Waals surface area contributed by atoms with Crippen molar-refractivity contribution in [3.63, 3.8) is 0 Å². The lowest BCUT2D eigenvalue weighted by Gasteiger charge is -2.08. The molecular weight excluding hydrogens is 463 g/mol. The lowest BCUT2D eigenvalue weighted by atomic mass is 10.1. The fourth-order valence-corrected chi connectivity index (χ4v) is 3.24. The van der Waals surface area contributed by atoms with Gasteiger partial charge in [0.1, 0.15) is 5.56 Å². The highest BCUT2D eigenvalue weighted by molar-refractivity contribution is 6.30. The van der Waals surface area contributed by atoms with Crippen LogP contribution in [0.25, 0.3) is 11.3 Å². The highest BCUT2D eigenvalue weighted by Gasteiger charge is 2.38. The van der Waals surface area contributed by atoms with Crippen molar-refractivity contribution >= 4 is 29.2 Å². The van der Waals surface area contributed by atoms with Gasteiger partial charge in [0.2, 0.25) is 0 Å². The number of alkyl halides is 3. The van der Waals surface area contributed by atoms with Gasteiger partial charge in [-0.1, -0.05) is 29.8 Å². The van der Waals surface area contributed by atoms with E-state index >= 15 is 0 Å². The van der Waals surface area contributed by atoms with E-state index in [4.69, 9.17) is 21.5 Å². The van der Waals surface area contributed by atoms with Crippen LogP contribution in [0.1, 0.15) is 21.5 Å². The number of amides is 1. The highest BCUT2D eigenvalue weighted by atomic mass is 35.5. The Morgan fingerprint density at radius 2 is 1.70 bits per heavy atom. The van der Waals surface area contributed by atoms with Crippen LogP contribution in [0.3, 0.4) is 0 Å². The smallest absolute Gasteiger partial charge is 0.475 e. The molecule has 0 atom stereocenters. The molecule has 1 aliphatic rings. The Morgan fingerprint density at radius 1 is 1.00 bits per heavy atom. The summed E-state index contributed by atoms with van der Waals surface area (Å²) < 4.78 is 31.7. The highest BCUT2D eigenvalue weighted by Crippen LogP contribution is 2.22. The molecule has 0 aliphatic carbocycles. The number of hydrogen-bond donors (Lipinski definition) is 4. The maximum Gasteiger partial charge on any atom is 0.490 e. The molecule has 3 aromatic rings. The monoisotopic (exact) mass is 479 g/mol. The van der Waals surface area contributed by atoms with Gasteiger partial charge in [0.05, 0.1) is 0 Å². The Bertz CT molecular complexity index is 1260. The third-order valence-electron chi connectivity index (χ3n) is 4.63. The predicted molar refractivity (Wildman–Crippen MR) is 116 cm³/mol. The minimum absolute atomic E-state index is 0.0643. The van der Waals surface area contributed by atoms with E-state index in [1.165, 1.54) is 11.6 Å². The Hall–Kier alpha value is -3.63. The summed E-state index contributed by atoms with van der Waals surface area (Å²) in [6, 6.07) is 16.2. The fraction of sp³-hybridized carbons (Fsp3) is 0.136. The lowest BCUT2D eigenvalue weighted by Crippen LogP contribution is -2.23. The first-order valence-electron chi connectivity index (χ1n) is 9.48. The number of benzene rings is 2. The van der Waals surface area contributed by atoms with Crippen molar-refractivity contribution in [3.8, 4) is 11.3 Å². The van der Waals surface area contributed by atoms with Gasteiger partial charge in [0.15, 0.2) is 0 Å². The van der Waals surface area contributed by atoms with E-state index in [2.05, 4.69) is 15.6 Å². The number of halogens is 4. The van der Waals surface area contributed by atoms with Crippen LogP contribution in [0.4, 0.5) is 18.9 Å². The van der Waals surface area contributed by atoms with Gasteiger partial charge >= 0.3 is 12.1 Å². The minimum atomic E-state index is -5.08.